The van der Waals surface area contributed by atoms with Gasteiger partial charge in [0.15, 0.2) is 0 Å². The number of benzene rings is 2. The maximum Gasteiger partial charge on any atom is 0.255 e. The zero-order valence-corrected chi connectivity index (χ0v) is 19.3. The van der Waals surface area contributed by atoms with Gasteiger partial charge in [-0.1, -0.05) is 24.3 Å². The number of nitrogen functional groups attached to an aromatic ring is 1. The Bertz CT molecular complexity index is 1300. The normalized spacial score (nSPS) is 14.1. The van der Waals surface area contributed by atoms with Gasteiger partial charge in [0.2, 0.25) is 0 Å². The van der Waals surface area contributed by atoms with Crippen LogP contribution in [-0.4, -0.2) is 52.1 Å². The number of rotatable bonds is 6. The lowest BCUT2D eigenvalue weighted by Crippen LogP contribution is -2.35. The lowest BCUT2D eigenvalue weighted by Gasteiger charge is -2.26. The minimum Gasteiger partial charge on any atom is -0.383 e. The molecular weight excluding hydrogens is 448 g/mol. The van der Waals surface area contributed by atoms with E-state index >= 15 is 0 Å². The van der Waals surface area contributed by atoms with Crippen molar-refractivity contribution in [2.24, 2.45) is 0 Å². The molecule has 0 aliphatic carbocycles. The number of ether oxygens (including phenoxy) is 1. The summed E-state index contributed by atoms with van der Waals surface area (Å²) in [5.41, 5.74) is 10.8. The third kappa shape index (κ3) is 5.12. The number of carbonyl (C=O) groups excluding carboxylic acids is 1. The lowest BCUT2D eigenvalue weighted by atomic mass is 10.1. The van der Waals surface area contributed by atoms with E-state index in [0.717, 1.165) is 54.7 Å². The summed E-state index contributed by atoms with van der Waals surface area (Å²) >= 11 is 1.47. The molecule has 5 rings (SSSR count). The number of hydrogen-bond donors (Lipinski definition) is 2. The molecule has 34 heavy (non-hydrogen) atoms. The fraction of sp³-hybridized carbons (Fsp3) is 0.200. The van der Waals surface area contributed by atoms with Crippen molar-refractivity contribution in [3.8, 4) is 21.8 Å². The Morgan fingerprint density at radius 3 is 2.85 bits per heavy atom. The summed E-state index contributed by atoms with van der Waals surface area (Å²) in [6.45, 7) is 4.13. The van der Waals surface area contributed by atoms with E-state index in [1.54, 1.807) is 6.20 Å². The van der Waals surface area contributed by atoms with Crippen molar-refractivity contribution in [1.82, 2.24) is 19.9 Å². The molecule has 2 aromatic heterocycles. The summed E-state index contributed by atoms with van der Waals surface area (Å²) in [4.78, 5) is 28.0. The van der Waals surface area contributed by atoms with E-state index in [1.807, 2.05) is 47.8 Å². The average Bonchev–Trinajstić information content (AvgIpc) is 3.35. The highest BCUT2D eigenvalue weighted by Crippen LogP contribution is 2.31. The summed E-state index contributed by atoms with van der Waals surface area (Å²) in [6, 6.07) is 15.4. The van der Waals surface area contributed by atoms with Gasteiger partial charge in [-0.05, 0) is 29.8 Å². The first-order chi connectivity index (χ1) is 16.7. The van der Waals surface area contributed by atoms with Gasteiger partial charge in [-0.3, -0.25) is 9.69 Å². The number of thiazole rings is 1. The molecular formula is C25H24N6O2S. The third-order valence-corrected chi connectivity index (χ3v) is 6.47. The maximum atomic E-state index is 12.9. The Balaban J connectivity index is 1.29. The summed E-state index contributed by atoms with van der Waals surface area (Å²) in [5.74, 6) is 0.252. The molecule has 9 heteroatoms. The Hall–Kier alpha value is -3.66. The lowest BCUT2D eigenvalue weighted by molar-refractivity contribution is 0.0342. The monoisotopic (exact) mass is 472 g/mol. The molecule has 1 amide bonds. The zero-order valence-electron chi connectivity index (χ0n) is 18.5. The summed E-state index contributed by atoms with van der Waals surface area (Å²) in [5, 5.41) is 5.72. The van der Waals surface area contributed by atoms with Gasteiger partial charge >= 0.3 is 0 Å². The van der Waals surface area contributed by atoms with Gasteiger partial charge in [0.25, 0.3) is 5.91 Å². The van der Waals surface area contributed by atoms with Crippen molar-refractivity contribution >= 4 is 28.7 Å². The topological polar surface area (TPSA) is 106 Å². The fourth-order valence-electron chi connectivity index (χ4n) is 3.82. The second kappa shape index (κ2) is 10.1. The molecule has 1 aliphatic heterocycles. The standard InChI is InChI=1S/C25H24N6O2S/c26-23-21(13-27-16-28-23)25-30-22(15-34-25)18-4-2-6-20(12-18)29-24(32)19-5-1-3-17(11-19)14-31-7-9-33-10-8-31/h1-6,11-13,15-16H,7-10,14H2,(H,29,32)(H2,26,27,28). The Kier molecular flexibility index (Phi) is 6.57. The SMILES string of the molecule is Nc1ncncc1-c1nc(-c2cccc(NC(=O)c3cccc(CN4CCOCC4)c3)c2)cs1. The van der Waals surface area contributed by atoms with E-state index in [2.05, 4.69) is 31.2 Å². The van der Waals surface area contributed by atoms with Crippen molar-refractivity contribution < 1.29 is 9.53 Å². The van der Waals surface area contributed by atoms with Crippen molar-refractivity contribution in [3.63, 3.8) is 0 Å². The number of nitrogens with two attached hydrogens (primary N) is 1. The van der Waals surface area contributed by atoms with Gasteiger partial charge in [-0.25, -0.2) is 15.0 Å². The minimum absolute atomic E-state index is 0.144. The molecule has 0 saturated carbocycles. The molecule has 3 N–H and O–H groups in total. The van der Waals surface area contributed by atoms with Crippen LogP contribution in [0.3, 0.4) is 0 Å². The van der Waals surface area contributed by atoms with Crippen LogP contribution in [0.5, 0.6) is 0 Å². The minimum atomic E-state index is -0.144. The first kappa shape index (κ1) is 22.1. The van der Waals surface area contributed by atoms with Crippen LogP contribution >= 0.6 is 11.3 Å². The number of anilines is 2. The highest BCUT2D eigenvalue weighted by Gasteiger charge is 2.14. The second-order valence-electron chi connectivity index (χ2n) is 7.98. The van der Waals surface area contributed by atoms with Gasteiger partial charge in [0.1, 0.15) is 17.2 Å². The third-order valence-electron chi connectivity index (χ3n) is 5.59. The van der Waals surface area contributed by atoms with Gasteiger partial charge in [-0.15, -0.1) is 11.3 Å². The number of hydrogen-bond acceptors (Lipinski definition) is 8. The zero-order chi connectivity index (χ0) is 23.3. The average molecular weight is 473 g/mol. The molecule has 4 aromatic rings. The highest BCUT2D eigenvalue weighted by molar-refractivity contribution is 7.13. The van der Waals surface area contributed by atoms with Crippen LogP contribution in [0.4, 0.5) is 11.5 Å². The Labute approximate surface area is 201 Å². The Morgan fingerprint density at radius 1 is 1.15 bits per heavy atom. The maximum absolute atomic E-state index is 12.9. The van der Waals surface area contributed by atoms with E-state index in [0.29, 0.717) is 22.6 Å². The number of morpholine rings is 1. The molecule has 1 fully saturated rings. The molecule has 8 nitrogen and oxygen atoms in total. The molecule has 172 valence electrons. The molecule has 0 bridgehead atoms. The van der Waals surface area contributed by atoms with Crippen molar-refractivity contribution in [1.29, 1.82) is 0 Å². The molecule has 1 saturated heterocycles. The second-order valence-corrected chi connectivity index (χ2v) is 8.84. The largest absolute Gasteiger partial charge is 0.383 e. The quantitative estimate of drug-likeness (QED) is 0.438. The molecule has 2 aromatic carbocycles. The highest BCUT2D eigenvalue weighted by atomic mass is 32.1. The van der Waals surface area contributed by atoms with E-state index in [-0.39, 0.29) is 5.91 Å². The molecule has 0 spiro atoms. The van der Waals surface area contributed by atoms with Crippen LogP contribution in [0.1, 0.15) is 15.9 Å². The van der Waals surface area contributed by atoms with Crippen LogP contribution in [-0.2, 0) is 11.3 Å². The molecule has 0 radical (unpaired) electrons. The van der Waals surface area contributed by atoms with E-state index in [1.165, 1.54) is 17.7 Å². The number of carbonyl (C=O) groups is 1. The predicted molar refractivity (Wildman–Crippen MR) is 133 cm³/mol. The summed E-state index contributed by atoms with van der Waals surface area (Å²) < 4.78 is 5.42. The first-order valence-electron chi connectivity index (χ1n) is 11.0. The number of nitrogens with one attached hydrogen (secondary N) is 1. The summed E-state index contributed by atoms with van der Waals surface area (Å²) in [6.07, 6.45) is 3.08. The van der Waals surface area contributed by atoms with Crippen LogP contribution < -0.4 is 11.1 Å². The van der Waals surface area contributed by atoms with Crippen LogP contribution in [0.25, 0.3) is 21.8 Å². The van der Waals surface area contributed by atoms with Gasteiger partial charge in [0, 0.05) is 48.0 Å². The predicted octanol–water partition coefficient (Wildman–Crippen LogP) is 3.93. The molecule has 0 atom stereocenters. The van der Waals surface area contributed by atoms with E-state index in [4.69, 9.17) is 10.5 Å². The Morgan fingerprint density at radius 2 is 2.00 bits per heavy atom. The summed E-state index contributed by atoms with van der Waals surface area (Å²) in [7, 11) is 0. The van der Waals surface area contributed by atoms with Gasteiger partial charge < -0.3 is 15.8 Å². The van der Waals surface area contributed by atoms with Crippen LogP contribution in [0, 0.1) is 0 Å². The smallest absolute Gasteiger partial charge is 0.255 e. The fourth-order valence-corrected chi connectivity index (χ4v) is 4.67. The molecule has 0 unspecified atom stereocenters. The molecule has 1 aliphatic rings. The van der Waals surface area contributed by atoms with Crippen LogP contribution in [0.2, 0.25) is 0 Å². The number of aromatic nitrogens is 3. The molecule has 3 heterocycles. The van der Waals surface area contributed by atoms with Crippen LogP contribution in [0.15, 0.2) is 66.4 Å². The van der Waals surface area contributed by atoms with Gasteiger partial charge in [-0.2, -0.15) is 0 Å². The van der Waals surface area contributed by atoms with Gasteiger partial charge in [0.05, 0.1) is 24.5 Å². The number of amides is 1. The van der Waals surface area contributed by atoms with Crippen molar-refractivity contribution in [3.05, 3.63) is 77.6 Å². The first-order valence-corrected chi connectivity index (χ1v) is 11.9. The van der Waals surface area contributed by atoms with E-state index in [9.17, 15) is 4.79 Å². The number of nitrogens with zero attached hydrogens (tertiary/aromatic N) is 4. The van der Waals surface area contributed by atoms with Crippen molar-refractivity contribution in [2.75, 3.05) is 37.4 Å². The van der Waals surface area contributed by atoms with E-state index < -0.39 is 0 Å². The van der Waals surface area contributed by atoms with Crippen molar-refractivity contribution in [2.45, 2.75) is 6.54 Å².